The van der Waals surface area contributed by atoms with Crippen LogP contribution in [0.15, 0.2) is 48.8 Å². The number of hydrogen-bond acceptors (Lipinski definition) is 4. The molecule has 5 heteroatoms. The molecule has 1 amide bonds. The lowest BCUT2D eigenvalue weighted by atomic mass is 9.89. The number of aliphatic hydroxyl groups excluding tert-OH is 1. The third-order valence-corrected chi connectivity index (χ3v) is 3.88. The van der Waals surface area contributed by atoms with E-state index in [9.17, 15) is 9.90 Å². The molecule has 0 saturated heterocycles. The van der Waals surface area contributed by atoms with E-state index in [4.69, 9.17) is 4.74 Å². The number of nitrogens with one attached hydrogen (secondary N) is 1. The molecular weight excluding hydrogens is 316 g/mol. The molecule has 0 spiro atoms. The molecule has 1 aromatic carbocycles. The van der Waals surface area contributed by atoms with Gasteiger partial charge in [0.25, 0.3) is 0 Å². The number of ether oxygens (including phenoxy) is 1. The Labute approximate surface area is 149 Å². The molecule has 1 heterocycles. The second kappa shape index (κ2) is 8.62. The van der Waals surface area contributed by atoms with Crippen LogP contribution in [0.4, 0.5) is 0 Å². The summed E-state index contributed by atoms with van der Waals surface area (Å²) in [4.78, 5) is 16.1. The van der Waals surface area contributed by atoms with E-state index in [0.29, 0.717) is 12.4 Å². The Balaban J connectivity index is 1.85. The van der Waals surface area contributed by atoms with E-state index in [1.54, 1.807) is 12.4 Å². The van der Waals surface area contributed by atoms with Crippen LogP contribution in [-0.4, -0.2) is 28.6 Å². The Morgan fingerprint density at radius 2 is 2.00 bits per heavy atom. The SMILES string of the molecule is CC(C)(C)C(O)CNC(=O)Cc1cccc(OCc2cccnc2)c1. The van der Waals surface area contributed by atoms with Crippen molar-refractivity contribution in [3.8, 4) is 5.75 Å². The van der Waals surface area contributed by atoms with Crippen LogP contribution in [0.5, 0.6) is 5.75 Å². The summed E-state index contributed by atoms with van der Waals surface area (Å²) in [5, 5.41) is 12.8. The molecule has 0 radical (unpaired) electrons. The fraction of sp³-hybridized carbons (Fsp3) is 0.400. The maximum atomic E-state index is 12.1. The van der Waals surface area contributed by atoms with Crippen LogP contribution in [0.2, 0.25) is 0 Å². The van der Waals surface area contributed by atoms with Gasteiger partial charge in [-0.1, -0.05) is 39.0 Å². The van der Waals surface area contributed by atoms with E-state index in [2.05, 4.69) is 10.3 Å². The molecule has 1 aromatic heterocycles. The Hall–Kier alpha value is -2.40. The first-order chi connectivity index (χ1) is 11.8. The number of amides is 1. The maximum absolute atomic E-state index is 12.1. The van der Waals surface area contributed by atoms with Crippen molar-refractivity contribution in [3.63, 3.8) is 0 Å². The van der Waals surface area contributed by atoms with Crippen molar-refractivity contribution >= 4 is 5.91 Å². The van der Waals surface area contributed by atoms with Gasteiger partial charge < -0.3 is 15.2 Å². The van der Waals surface area contributed by atoms with E-state index >= 15 is 0 Å². The molecule has 2 aromatic rings. The van der Waals surface area contributed by atoms with Crippen molar-refractivity contribution in [1.82, 2.24) is 10.3 Å². The number of aromatic nitrogens is 1. The van der Waals surface area contributed by atoms with Gasteiger partial charge >= 0.3 is 0 Å². The van der Waals surface area contributed by atoms with Crippen molar-refractivity contribution in [1.29, 1.82) is 0 Å². The second-order valence-electron chi connectivity index (χ2n) is 7.16. The summed E-state index contributed by atoms with van der Waals surface area (Å²) >= 11 is 0. The number of rotatable bonds is 7. The lowest BCUT2D eigenvalue weighted by Crippen LogP contribution is -2.39. The maximum Gasteiger partial charge on any atom is 0.224 e. The highest BCUT2D eigenvalue weighted by Crippen LogP contribution is 2.18. The molecule has 0 bridgehead atoms. The first-order valence-corrected chi connectivity index (χ1v) is 8.40. The van der Waals surface area contributed by atoms with Gasteiger partial charge in [-0.2, -0.15) is 0 Å². The lowest BCUT2D eigenvalue weighted by molar-refractivity contribution is -0.121. The highest BCUT2D eigenvalue weighted by molar-refractivity contribution is 5.78. The van der Waals surface area contributed by atoms with E-state index in [0.717, 1.165) is 11.1 Å². The molecule has 2 rings (SSSR count). The number of carbonyl (C=O) groups excluding carboxylic acids is 1. The molecule has 1 atom stereocenters. The highest BCUT2D eigenvalue weighted by Gasteiger charge is 2.22. The Morgan fingerprint density at radius 3 is 2.68 bits per heavy atom. The number of hydrogen-bond donors (Lipinski definition) is 2. The third kappa shape index (κ3) is 6.55. The van der Waals surface area contributed by atoms with Crippen LogP contribution in [0.1, 0.15) is 31.9 Å². The standard InChI is InChI=1S/C20H26N2O3/c1-20(2,3)18(23)13-22-19(24)11-15-6-4-8-17(10-15)25-14-16-7-5-9-21-12-16/h4-10,12,18,23H,11,13-14H2,1-3H3,(H,22,24). The zero-order valence-electron chi connectivity index (χ0n) is 15.0. The van der Waals surface area contributed by atoms with Crippen molar-refractivity contribution in [3.05, 3.63) is 59.9 Å². The molecule has 0 aliphatic heterocycles. The van der Waals surface area contributed by atoms with Crippen molar-refractivity contribution < 1.29 is 14.6 Å². The largest absolute Gasteiger partial charge is 0.489 e. The van der Waals surface area contributed by atoms with Gasteiger partial charge in [0.2, 0.25) is 5.91 Å². The van der Waals surface area contributed by atoms with Crippen LogP contribution in [0.25, 0.3) is 0 Å². The normalized spacial score (nSPS) is 12.5. The van der Waals surface area contributed by atoms with E-state index in [-0.39, 0.29) is 24.3 Å². The first-order valence-electron chi connectivity index (χ1n) is 8.40. The van der Waals surface area contributed by atoms with Crippen LogP contribution < -0.4 is 10.1 Å². The average molecular weight is 342 g/mol. The van der Waals surface area contributed by atoms with Gasteiger partial charge in [-0.15, -0.1) is 0 Å². The molecule has 1 unspecified atom stereocenters. The van der Waals surface area contributed by atoms with Crippen LogP contribution in [0.3, 0.4) is 0 Å². The lowest BCUT2D eigenvalue weighted by Gasteiger charge is -2.25. The van der Waals surface area contributed by atoms with Crippen molar-refractivity contribution in [2.75, 3.05) is 6.54 Å². The van der Waals surface area contributed by atoms with Crippen LogP contribution >= 0.6 is 0 Å². The van der Waals surface area contributed by atoms with Gasteiger partial charge in [0.15, 0.2) is 0 Å². The van der Waals surface area contributed by atoms with Gasteiger partial charge in [0.1, 0.15) is 12.4 Å². The molecule has 0 aliphatic rings. The van der Waals surface area contributed by atoms with Gasteiger partial charge in [-0.05, 0) is 29.2 Å². The monoisotopic (exact) mass is 342 g/mol. The Kier molecular flexibility index (Phi) is 6.53. The first kappa shape index (κ1) is 18.9. The molecular formula is C20H26N2O3. The molecule has 5 nitrogen and oxygen atoms in total. The van der Waals surface area contributed by atoms with Gasteiger partial charge in [-0.3, -0.25) is 9.78 Å². The molecule has 134 valence electrons. The summed E-state index contributed by atoms with van der Waals surface area (Å²) < 4.78 is 5.75. The number of aliphatic hydroxyl groups is 1. The fourth-order valence-electron chi connectivity index (χ4n) is 2.16. The fourth-order valence-corrected chi connectivity index (χ4v) is 2.16. The molecule has 0 aliphatic carbocycles. The predicted molar refractivity (Wildman–Crippen MR) is 97.2 cm³/mol. The van der Waals surface area contributed by atoms with Crippen molar-refractivity contribution in [2.45, 2.75) is 39.9 Å². The topological polar surface area (TPSA) is 71.5 Å². The number of pyridine rings is 1. The average Bonchev–Trinajstić information content (AvgIpc) is 2.58. The summed E-state index contributed by atoms with van der Waals surface area (Å²) in [6.07, 6.45) is 3.16. The second-order valence-corrected chi connectivity index (χ2v) is 7.16. The minimum Gasteiger partial charge on any atom is -0.489 e. The Morgan fingerprint density at radius 1 is 1.24 bits per heavy atom. The van der Waals surface area contributed by atoms with Crippen LogP contribution in [0, 0.1) is 5.41 Å². The zero-order chi connectivity index (χ0) is 18.3. The molecule has 0 fully saturated rings. The van der Waals surface area contributed by atoms with E-state index in [1.807, 2.05) is 57.2 Å². The third-order valence-electron chi connectivity index (χ3n) is 3.88. The van der Waals surface area contributed by atoms with Gasteiger partial charge in [0.05, 0.1) is 12.5 Å². The van der Waals surface area contributed by atoms with Crippen LogP contribution in [-0.2, 0) is 17.8 Å². The minimum atomic E-state index is -0.578. The van der Waals surface area contributed by atoms with Gasteiger partial charge in [-0.25, -0.2) is 0 Å². The summed E-state index contributed by atoms with van der Waals surface area (Å²) in [5.74, 6) is 0.594. The summed E-state index contributed by atoms with van der Waals surface area (Å²) in [7, 11) is 0. The number of carbonyl (C=O) groups is 1. The quantitative estimate of drug-likeness (QED) is 0.812. The molecule has 0 saturated carbocycles. The summed E-state index contributed by atoms with van der Waals surface area (Å²) in [5.41, 5.74) is 1.60. The van der Waals surface area contributed by atoms with E-state index < -0.39 is 6.10 Å². The highest BCUT2D eigenvalue weighted by atomic mass is 16.5. The predicted octanol–water partition coefficient (Wildman–Crippen LogP) is 2.73. The minimum absolute atomic E-state index is 0.118. The van der Waals surface area contributed by atoms with E-state index in [1.165, 1.54) is 0 Å². The van der Waals surface area contributed by atoms with Gasteiger partial charge in [0, 0.05) is 24.5 Å². The molecule has 2 N–H and O–H groups in total. The van der Waals surface area contributed by atoms with Crippen molar-refractivity contribution in [2.24, 2.45) is 5.41 Å². The summed E-state index contributed by atoms with van der Waals surface area (Å²) in [6.45, 7) is 6.49. The number of nitrogens with zero attached hydrogens (tertiary/aromatic N) is 1. The summed E-state index contributed by atoms with van der Waals surface area (Å²) in [6, 6.07) is 11.3. The zero-order valence-corrected chi connectivity index (χ0v) is 15.0. The Bertz CT molecular complexity index is 681. The number of benzene rings is 1. The smallest absolute Gasteiger partial charge is 0.224 e. The molecule has 25 heavy (non-hydrogen) atoms.